The maximum Gasteiger partial charge on any atom is 0.411 e. The first-order chi connectivity index (χ1) is 18.6. The second kappa shape index (κ2) is 10.7. The zero-order valence-electron chi connectivity index (χ0n) is 21.9. The van der Waals surface area contributed by atoms with Gasteiger partial charge in [-0.25, -0.2) is 4.79 Å². The lowest BCUT2D eigenvalue weighted by atomic mass is 9.82. The summed E-state index contributed by atoms with van der Waals surface area (Å²) in [6.45, 7) is 3.43. The smallest absolute Gasteiger partial charge is 0.411 e. The zero-order valence-corrected chi connectivity index (χ0v) is 21.9. The molecule has 3 aliphatic rings. The van der Waals surface area contributed by atoms with E-state index in [4.69, 9.17) is 14.2 Å². The normalized spacial score (nSPS) is 19.3. The third kappa shape index (κ3) is 4.86. The van der Waals surface area contributed by atoms with Gasteiger partial charge < -0.3 is 18.8 Å². The van der Waals surface area contributed by atoms with Crippen molar-refractivity contribution in [2.45, 2.75) is 76.5 Å². The highest BCUT2D eigenvalue weighted by Gasteiger charge is 2.29. The van der Waals surface area contributed by atoms with Crippen molar-refractivity contribution in [1.82, 2.24) is 4.57 Å². The number of ether oxygens (including phenoxy) is 3. The Balaban J connectivity index is 1.28. The number of benzene rings is 2. The van der Waals surface area contributed by atoms with Crippen LogP contribution in [0, 0.1) is 17.2 Å². The molecule has 0 bridgehead atoms. The summed E-state index contributed by atoms with van der Waals surface area (Å²) < 4.78 is 19.7. The maximum atomic E-state index is 12.4. The number of hydrogen-bond acceptors (Lipinski definition) is 5. The molecule has 0 radical (unpaired) electrons. The summed E-state index contributed by atoms with van der Waals surface area (Å²) in [5, 5.41) is 14.0. The van der Waals surface area contributed by atoms with Crippen molar-refractivity contribution in [3.8, 4) is 23.1 Å². The van der Waals surface area contributed by atoms with E-state index < -0.39 is 6.09 Å². The molecular weight excluding hydrogens is 478 g/mol. The van der Waals surface area contributed by atoms with Crippen molar-refractivity contribution in [1.29, 1.82) is 5.26 Å². The van der Waals surface area contributed by atoms with Crippen LogP contribution in [0.2, 0.25) is 0 Å². The van der Waals surface area contributed by atoms with Gasteiger partial charge in [-0.15, -0.1) is 0 Å². The number of amides is 1. The van der Waals surface area contributed by atoms with Crippen LogP contribution in [0.4, 0.5) is 10.5 Å². The van der Waals surface area contributed by atoms with Gasteiger partial charge in [-0.05, 0) is 74.8 Å². The van der Waals surface area contributed by atoms with Gasteiger partial charge in [-0.1, -0.05) is 18.6 Å². The molecule has 7 heteroatoms. The molecule has 1 aliphatic heterocycles. The standard InChI is InChI=1S/C31H35N3O4/c1-20(21-4-2-5-21)37-31(35)33-23-10-8-22(9-11-23)30-28(19-32)27-13-12-26(38-25-14-16-36-17-15-25)18-29(27)34(30)24-6-3-7-24/h8-13,18,20-21,24-25H,2-7,14-17H2,1H3,(H,33,35). The van der Waals surface area contributed by atoms with Gasteiger partial charge in [-0.3, -0.25) is 5.32 Å². The van der Waals surface area contributed by atoms with Crippen molar-refractivity contribution < 1.29 is 19.0 Å². The summed E-state index contributed by atoms with van der Waals surface area (Å²) in [5.41, 5.74) is 4.29. The van der Waals surface area contributed by atoms with Gasteiger partial charge in [0.25, 0.3) is 0 Å². The molecule has 3 aromatic rings. The molecule has 2 heterocycles. The molecule has 2 aromatic carbocycles. The zero-order chi connectivity index (χ0) is 26.1. The predicted molar refractivity (Wildman–Crippen MR) is 146 cm³/mol. The summed E-state index contributed by atoms with van der Waals surface area (Å²) in [5.74, 6) is 1.32. The Labute approximate surface area is 223 Å². The Morgan fingerprint density at radius 3 is 2.42 bits per heavy atom. The van der Waals surface area contributed by atoms with Crippen LogP contribution >= 0.6 is 0 Å². The fourth-order valence-corrected chi connectivity index (χ4v) is 5.80. The minimum atomic E-state index is -0.421. The number of nitriles is 1. The van der Waals surface area contributed by atoms with E-state index in [0.29, 0.717) is 23.2 Å². The van der Waals surface area contributed by atoms with E-state index in [1.165, 1.54) is 12.8 Å². The second-order valence-electron chi connectivity index (χ2n) is 10.9. The van der Waals surface area contributed by atoms with Crippen molar-refractivity contribution in [3.63, 3.8) is 0 Å². The Morgan fingerprint density at radius 2 is 1.79 bits per heavy atom. The molecule has 6 rings (SSSR count). The molecule has 1 atom stereocenters. The van der Waals surface area contributed by atoms with Crippen LogP contribution in [0.3, 0.4) is 0 Å². The molecular formula is C31H35N3O4. The highest BCUT2D eigenvalue weighted by atomic mass is 16.6. The van der Waals surface area contributed by atoms with Crippen molar-refractivity contribution in [3.05, 3.63) is 48.0 Å². The van der Waals surface area contributed by atoms with Gasteiger partial charge in [-0.2, -0.15) is 5.26 Å². The van der Waals surface area contributed by atoms with E-state index in [1.54, 1.807) is 0 Å². The maximum absolute atomic E-state index is 12.4. The molecule has 1 saturated heterocycles. The topological polar surface area (TPSA) is 85.5 Å². The van der Waals surface area contributed by atoms with Gasteiger partial charge >= 0.3 is 6.09 Å². The summed E-state index contributed by atoms with van der Waals surface area (Å²) in [7, 11) is 0. The van der Waals surface area contributed by atoms with Crippen LogP contribution in [-0.4, -0.2) is 36.1 Å². The van der Waals surface area contributed by atoms with E-state index in [0.717, 1.165) is 79.6 Å². The predicted octanol–water partition coefficient (Wildman–Crippen LogP) is 7.20. The van der Waals surface area contributed by atoms with Crippen LogP contribution in [0.1, 0.15) is 69.9 Å². The molecule has 3 fully saturated rings. The summed E-state index contributed by atoms with van der Waals surface area (Å²) >= 11 is 0. The van der Waals surface area contributed by atoms with E-state index in [9.17, 15) is 10.1 Å². The monoisotopic (exact) mass is 513 g/mol. The molecule has 1 unspecified atom stereocenters. The van der Waals surface area contributed by atoms with E-state index in [-0.39, 0.29) is 12.2 Å². The molecule has 1 amide bonds. The Kier molecular flexibility index (Phi) is 6.99. The highest BCUT2D eigenvalue weighted by molar-refractivity contribution is 5.96. The van der Waals surface area contributed by atoms with Crippen LogP contribution in [0.15, 0.2) is 42.5 Å². The van der Waals surface area contributed by atoms with Crippen molar-refractivity contribution >= 4 is 22.7 Å². The van der Waals surface area contributed by atoms with E-state index >= 15 is 0 Å². The SMILES string of the molecule is CC(OC(=O)Nc1ccc(-c2c(C#N)c3ccc(OC4CCOCC4)cc3n2C2CCC2)cc1)C1CCC1. The Hall–Kier alpha value is -3.50. The molecule has 38 heavy (non-hydrogen) atoms. The van der Waals surface area contributed by atoms with Crippen molar-refractivity contribution in [2.75, 3.05) is 18.5 Å². The summed E-state index contributed by atoms with van der Waals surface area (Å²) in [4.78, 5) is 12.4. The number of nitrogens with one attached hydrogen (secondary N) is 1. The minimum Gasteiger partial charge on any atom is -0.490 e. The van der Waals surface area contributed by atoms with E-state index in [2.05, 4.69) is 22.0 Å². The van der Waals surface area contributed by atoms with Crippen LogP contribution in [0.5, 0.6) is 5.75 Å². The summed E-state index contributed by atoms with van der Waals surface area (Å²) in [6, 6.07) is 16.7. The minimum absolute atomic E-state index is 0.0697. The summed E-state index contributed by atoms with van der Waals surface area (Å²) in [6.07, 6.45) is 8.30. The molecule has 0 spiro atoms. The van der Waals surface area contributed by atoms with Gasteiger partial charge in [0.05, 0.1) is 30.0 Å². The van der Waals surface area contributed by atoms with Gasteiger partial charge in [0.1, 0.15) is 24.0 Å². The number of fused-ring (bicyclic) bond motifs is 1. The first-order valence-electron chi connectivity index (χ1n) is 14.0. The van der Waals surface area contributed by atoms with Crippen LogP contribution < -0.4 is 10.1 Å². The fraction of sp³-hybridized carbons (Fsp3) is 0.484. The van der Waals surface area contributed by atoms with E-state index in [1.807, 2.05) is 43.3 Å². The number of anilines is 1. The lowest BCUT2D eigenvalue weighted by molar-refractivity contribution is 0.0256. The number of aromatic nitrogens is 1. The van der Waals surface area contributed by atoms with Gasteiger partial charge in [0.15, 0.2) is 0 Å². The molecule has 1 aromatic heterocycles. The molecule has 2 saturated carbocycles. The van der Waals surface area contributed by atoms with Crippen molar-refractivity contribution in [2.24, 2.45) is 5.92 Å². The first-order valence-corrected chi connectivity index (χ1v) is 14.0. The number of nitrogens with zero attached hydrogens (tertiary/aromatic N) is 2. The molecule has 198 valence electrons. The first kappa shape index (κ1) is 24.8. The lowest BCUT2D eigenvalue weighted by Crippen LogP contribution is -2.30. The molecule has 2 aliphatic carbocycles. The third-order valence-corrected chi connectivity index (χ3v) is 8.51. The Morgan fingerprint density at radius 1 is 1.05 bits per heavy atom. The number of rotatable bonds is 7. The van der Waals surface area contributed by atoms with Crippen LogP contribution in [0.25, 0.3) is 22.2 Å². The Bertz CT molecular complexity index is 1340. The third-order valence-electron chi connectivity index (χ3n) is 8.51. The quantitative estimate of drug-likeness (QED) is 0.361. The molecule has 7 nitrogen and oxygen atoms in total. The van der Waals surface area contributed by atoms with Crippen LogP contribution in [-0.2, 0) is 9.47 Å². The molecule has 1 N–H and O–H groups in total. The average Bonchev–Trinajstić information content (AvgIpc) is 3.16. The number of hydrogen-bond donors (Lipinski definition) is 1. The number of carbonyl (C=O) groups is 1. The number of carbonyl (C=O) groups excluding carboxylic acids is 1. The van der Waals surface area contributed by atoms with Gasteiger partial charge in [0, 0.05) is 36.0 Å². The second-order valence-corrected chi connectivity index (χ2v) is 10.9. The largest absolute Gasteiger partial charge is 0.490 e. The fourth-order valence-electron chi connectivity index (χ4n) is 5.80. The highest BCUT2D eigenvalue weighted by Crippen LogP contribution is 2.43. The lowest BCUT2D eigenvalue weighted by Gasteiger charge is -2.31. The van der Waals surface area contributed by atoms with Gasteiger partial charge in [0.2, 0.25) is 0 Å². The average molecular weight is 514 g/mol.